The molecule has 0 saturated heterocycles. The van der Waals surface area contributed by atoms with Crippen molar-refractivity contribution in [2.45, 2.75) is 71.5 Å². The average Bonchev–Trinajstić information content (AvgIpc) is 3.47. The van der Waals surface area contributed by atoms with E-state index in [1.54, 1.807) is 11.2 Å². The van der Waals surface area contributed by atoms with E-state index in [2.05, 4.69) is 31.0 Å². The number of fused-ring (bicyclic) bond motifs is 1. The summed E-state index contributed by atoms with van der Waals surface area (Å²) in [7, 11) is 0. The SMILES string of the molecule is CCN(CC)CCN1C(=O)c2ccc(-c3ccco3)n2CC1(C)C(=O)NC1CCC(C)CC1. The summed E-state index contributed by atoms with van der Waals surface area (Å²) in [4.78, 5) is 31.6. The van der Waals surface area contributed by atoms with Gasteiger partial charge in [0.25, 0.3) is 5.91 Å². The number of carbonyl (C=O) groups excluding carboxylic acids is 2. The topological polar surface area (TPSA) is 70.7 Å². The molecule has 0 aromatic carbocycles. The van der Waals surface area contributed by atoms with Crippen molar-refractivity contribution in [1.29, 1.82) is 0 Å². The van der Waals surface area contributed by atoms with E-state index in [0.717, 1.165) is 51.0 Å². The second kappa shape index (κ2) is 9.75. The normalized spacial score (nSPS) is 25.4. The number of rotatable bonds is 8. The molecule has 0 spiro atoms. The highest BCUT2D eigenvalue weighted by atomic mass is 16.3. The molecule has 2 aliphatic rings. The summed E-state index contributed by atoms with van der Waals surface area (Å²) >= 11 is 0. The minimum Gasteiger partial charge on any atom is -0.463 e. The molecular weight excluding hydrogens is 416 g/mol. The van der Waals surface area contributed by atoms with Crippen molar-refractivity contribution in [3.8, 4) is 11.5 Å². The Kier molecular flexibility index (Phi) is 6.98. The Bertz CT molecular complexity index is 954. The van der Waals surface area contributed by atoms with Gasteiger partial charge in [-0.1, -0.05) is 20.8 Å². The van der Waals surface area contributed by atoms with E-state index in [1.807, 2.05) is 35.8 Å². The van der Waals surface area contributed by atoms with Gasteiger partial charge in [-0.15, -0.1) is 0 Å². The second-order valence-corrected chi connectivity index (χ2v) is 9.86. The number of nitrogens with one attached hydrogen (secondary N) is 1. The minimum atomic E-state index is -0.972. The summed E-state index contributed by atoms with van der Waals surface area (Å²) < 4.78 is 7.58. The van der Waals surface area contributed by atoms with Crippen molar-refractivity contribution in [3.05, 3.63) is 36.2 Å². The molecule has 1 atom stereocenters. The van der Waals surface area contributed by atoms with Gasteiger partial charge in [0.2, 0.25) is 5.91 Å². The third-order valence-corrected chi connectivity index (χ3v) is 7.65. The summed E-state index contributed by atoms with van der Waals surface area (Å²) in [5.74, 6) is 1.27. The lowest BCUT2D eigenvalue weighted by Gasteiger charge is -2.45. The third-order valence-electron chi connectivity index (χ3n) is 7.65. The van der Waals surface area contributed by atoms with Gasteiger partial charge in [0.1, 0.15) is 17.0 Å². The third kappa shape index (κ3) is 4.60. The summed E-state index contributed by atoms with van der Waals surface area (Å²) in [5, 5.41) is 3.31. The fourth-order valence-electron chi connectivity index (χ4n) is 5.29. The van der Waals surface area contributed by atoms with Crippen LogP contribution in [0.3, 0.4) is 0 Å². The van der Waals surface area contributed by atoms with E-state index in [4.69, 9.17) is 4.42 Å². The predicted molar refractivity (Wildman–Crippen MR) is 129 cm³/mol. The summed E-state index contributed by atoms with van der Waals surface area (Å²) in [6.07, 6.45) is 5.91. The molecule has 3 heterocycles. The molecule has 1 saturated carbocycles. The second-order valence-electron chi connectivity index (χ2n) is 9.86. The average molecular weight is 455 g/mol. The number of aromatic nitrogens is 1. The largest absolute Gasteiger partial charge is 0.463 e. The van der Waals surface area contributed by atoms with Crippen LogP contribution in [-0.4, -0.2) is 63.9 Å². The van der Waals surface area contributed by atoms with Gasteiger partial charge in [-0.2, -0.15) is 0 Å². The maximum absolute atomic E-state index is 13.8. The first kappa shape index (κ1) is 23.6. The van der Waals surface area contributed by atoms with Crippen molar-refractivity contribution < 1.29 is 14.0 Å². The molecule has 1 fully saturated rings. The highest BCUT2D eigenvalue weighted by molar-refractivity contribution is 6.00. The van der Waals surface area contributed by atoms with E-state index in [-0.39, 0.29) is 17.9 Å². The molecule has 2 aromatic rings. The van der Waals surface area contributed by atoms with Crippen molar-refractivity contribution in [3.63, 3.8) is 0 Å². The van der Waals surface area contributed by atoms with E-state index >= 15 is 0 Å². The Labute approximate surface area is 197 Å². The first-order chi connectivity index (χ1) is 15.9. The molecule has 180 valence electrons. The lowest BCUT2D eigenvalue weighted by atomic mass is 9.86. The zero-order chi connectivity index (χ0) is 23.6. The summed E-state index contributed by atoms with van der Waals surface area (Å²) in [6, 6.07) is 7.68. The molecule has 33 heavy (non-hydrogen) atoms. The van der Waals surface area contributed by atoms with Crippen molar-refractivity contribution >= 4 is 11.8 Å². The van der Waals surface area contributed by atoms with E-state index in [0.29, 0.717) is 30.5 Å². The number of hydrogen-bond donors (Lipinski definition) is 1. The van der Waals surface area contributed by atoms with Crippen molar-refractivity contribution in [2.24, 2.45) is 5.92 Å². The molecule has 1 unspecified atom stereocenters. The number of carbonyl (C=O) groups is 2. The summed E-state index contributed by atoms with van der Waals surface area (Å²) in [5.41, 5.74) is 0.468. The highest BCUT2D eigenvalue weighted by Gasteiger charge is 2.48. The Morgan fingerprint density at radius 2 is 1.85 bits per heavy atom. The highest BCUT2D eigenvalue weighted by Crippen LogP contribution is 2.34. The molecule has 7 nitrogen and oxygen atoms in total. The number of hydrogen-bond acceptors (Lipinski definition) is 4. The molecule has 0 radical (unpaired) electrons. The minimum absolute atomic E-state index is 0.0558. The molecule has 2 aromatic heterocycles. The fourth-order valence-corrected chi connectivity index (χ4v) is 5.29. The van der Waals surface area contributed by atoms with Gasteiger partial charge in [0, 0.05) is 19.1 Å². The van der Waals surface area contributed by atoms with Crippen LogP contribution in [0.15, 0.2) is 34.9 Å². The van der Waals surface area contributed by atoms with Crippen LogP contribution in [0.25, 0.3) is 11.5 Å². The van der Waals surface area contributed by atoms with E-state index in [1.165, 1.54) is 0 Å². The fraction of sp³-hybridized carbons (Fsp3) is 0.615. The number of nitrogens with zero attached hydrogens (tertiary/aromatic N) is 3. The lowest BCUT2D eigenvalue weighted by Crippen LogP contribution is -2.66. The monoisotopic (exact) mass is 454 g/mol. The van der Waals surface area contributed by atoms with Gasteiger partial charge in [0.15, 0.2) is 0 Å². The Morgan fingerprint density at radius 1 is 1.15 bits per heavy atom. The van der Waals surface area contributed by atoms with Crippen molar-refractivity contribution in [1.82, 2.24) is 19.7 Å². The smallest absolute Gasteiger partial charge is 0.271 e. The molecular formula is C26H38N4O3. The molecule has 7 heteroatoms. The van der Waals surface area contributed by atoms with Crippen LogP contribution in [0, 0.1) is 5.92 Å². The molecule has 0 bridgehead atoms. The first-order valence-electron chi connectivity index (χ1n) is 12.5. The predicted octanol–water partition coefficient (Wildman–Crippen LogP) is 4.00. The quantitative estimate of drug-likeness (QED) is 0.655. The Morgan fingerprint density at radius 3 is 2.48 bits per heavy atom. The first-order valence-corrected chi connectivity index (χ1v) is 12.5. The number of amides is 2. The van der Waals surface area contributed by atoms with Gasteiger partial charge in [-0.05, 0) is 75.9 Å². The van der Waals surface area contributed by atoms with Crippen LogP contribution in [0.2, 0.25) is 0 Å². The van der Waals surface area contributed by atoms with Crippen molar-refractivity contribution in [2.75, 3.05) is 26.2 Å². The van der Waals surface area contributed by atoms with Crippen LogP contribution in [0.5, 0.6) is 0 Å². The van der Waals surface area contributed by atoms with Gasteiger partial charge in [-0.3, -0.25) is 9.59 Å². The van der Waals surface area contributed by atoms with E-state index < -0.39 is 5.54 Å². The Balaban J connectivity index is 1.64. The van der Waals surface area contributed by atoms with Crippen LogP contribution >= 0.6 is 0 Å². The standard InChI is InChI=1S/C26H38N4O3/c1-5-28(6-2)15-16-30-24(31)22-14-13-21(23-8-7-17-33-23)29(22)18-26(30,4)25(32)27-20-11-9-19(3)10-12-20/h7-8,13-14,17,19-20H,5-6,9-12,15-16,18H2,1-4H3,(H,27,32). The number of likely N-dealkylation sites (N-methyl/N-ethyl adjacent to an activating group) is 1. The maximum atomic E-state index is 13.8. The van der Waals surface area contributed by atoms with E-state index in [9.17, 15) is 9.59 Å². The molecule has 4 rings (SSSR count). The van der Waals surface area contributed by atoms with Crippen LogP contribution in [-0.2, 0) is 11.3 Å². The molecule has 1 aliphatic heterocycles. The zero-order valence-electron chi connectivity index (χ0n) is 20.5. The molecule has 2 amide bonds. The molecule has 1 aliphatic carbocycles. The van der Waals surface area contributed by atoms with Crippen LogP contribution in [0.4, 0.5) is 0 Å². The Hall–Kier alpha value is -2.54. The summed E-state index contributed by atoms with van der Waals surface area (Å²) in [6.45, 7) is 11.9. The van der Waals surface area contributed by atoms with Gasteiger partial charge < -0.3 is 24.1 Å². The van der Waals surface area contributed by atoms with Gasteiger partial charge >= 0.3 is 0 Å². The number of furan rings is 1. The van der Waals surface area contributed by atoms with Crippen LogP contribution in [0.1, 0.15) is 63.9 Å². The van der Waals surface area contributed by atoms with Crippen LogP contribution < -0.4 is 5.32 Å². The van der Waals surface area contributed by atoms with Gasteiger partial charge in [-0.25, -0.2) is 0 Å². The lowest BCUT2D eigenvalue weighted by molar-refractivity contribution is -0.134. The zero-order valence-corrected chi connectivity index (χ0v) is 20.5. The maximum Gasteiger partial charge on any atom is 0.271 e. The van der Waals surface area contributed by atoms with Gasteiger partial charge in [0.05, 0.1) is 18.5 Å². The molecule has 1 N–H and O–H groups in total.